The van der Waals surface area contributed by atoms with E-state index in [0.29, 0.717) is 0 Å². The number of nitrogens with zero attached hydrogens (tertiary/aromatic N) is 1. The first kappa shape index (κ1) is 15.3. The minimum absolute atomic E-state index is 0.827. The molecule has 2 aliphatic rings. The van der Waals surface area contributed by atoms with Gasteiger partial charge in [-0.05, 0) is 76.5 Å². The second kappa shape index (κ2) is 8.26. The zero-order valence-corrected chi connectivity index (χ0v) is 13.2. The molecule has 1 heterocycles. The highest BCUT2D eigenvalue weighted by atomic mass is 15.1. The van der Waals surface area contributed by atoms with Crippen molar-refractivity contribution < 1.29 is 0 Å². The molecule has 2 nitrogen and oxygen atoms in total. The maximum absolute atomic E-state index is 3.77. The van der Waals surface area contributed by atoms with Crippen molar-refractivity contribution in [2.45, 2.75) is 71.3 Å². The van der Waals surface area contributed by atoms with Crippen LogP contribution in [0.5, 0.6) is 0 Å². The monoisotopic (exact) mass is 266 g/mol. The van der Waals surface area contributed by atoms with Gasteiger partial charge in [-0.1, -0.05) is 26.7 Å². The second-order valence-corrected chi connectivity index (χ2v) is 6.73. The largest absolute Gasteiger partial charge is 0.314 e. The highest BCUT2D eigenvalue weighted by Crippen LogP contribution is 2.29. The first-order chi connectivity index (χ1) is 9.33. The van der Waals surface area contributed by atoms with E-state index in [1.807, 2.05) is 0 Å². The normalized spacial score (nSPS) is 30.0. The molecule has 1 saturated heterocycles. The summed E-state index contributed by atoms with van der Waals surface area (Å²) in [5.41, 5.74) is 0. The lowest BCUT2D eigenvalue weighted by Gasteiger charge is -2.32. The zero-order chi connectivity index (χ0) is 13.5. The molecule has 0 aromatic heterocycles. The van der Waals surface area contributed by atoms with Gasteiger partial charge in [0.05, 0.1) is 0 Å². The van der Waals surface area contributed by atoms with E-state index in [1.54, 1.807) is 0 Å². The number of piperidine rings is 1. The summed E-state index contributed by atoms with van der Waals surface area (Å²) in [7, 11) is 0. The van der Waals surface area contributed by atoms with Crippen molar-refractivity contribution in [1.29, 1.82) is 0 Å². The smallest absolute Gasteiger partial charge is 0.00958 e. The Kier molecular flexibility index (Phi) is 6.66. The molecule has 0 amide bonds. The van der Waals surface area contributed by atoms with Gasteiger partial charge in [-0.3, -0.25) is 0 Å². The average Bonchev–Trinajstić information content (AvgIpc) is 2.91. The van der Waals surface area contributed by atoms with Crippen molar-refractivity contribution in [1.82, 2.24) is 10.2 Å². The Morgan fingerprint density at radius 3 is 2.53 bits per heavy atom. The van der Waals surface area contributed by atoms with Gasteiger partial charge >= 0.3 is 0 Å². The molecule has 0 bridgehead atoms. The van der Waals surface area contributed by atoms with Crippen LogP contribution in [0, 0.1) is 11.8 Å². The quantitative estimate of drug-likeness (QED) is 0.756. The molecule has 0 spiro atoms. The van der Waals surface area contributed by atoms with Gasteiger partial charge in [0.2, 0.25) is 0 Å². The molecular weight excluding hydrogens is 232 g/mol. The third-order valence-corrected chi connectivity index (χ3v) is 5.42. The van der Waals surface area contributed by atoms with E-state index in [9.17, 15) is 0 Å². The molecule has 2 heteroatoms. The van der Waals surface area contributed by atoms with Gasteiger partial charge in [-0.2, -0.15) is 0 Å². The van der Waals surface area contributed by atoms with Crippen LogP contribution in [0.1, 0.15) is 65.2 Å². The van der Waals surface area contributed by atoms with Crippen LogP contribution in [0.15, 0.2) is 0 Å². The van der Waals surface area contributed by atoms with Crippen LogP contribution in [0.4, 0.5) is 0 Å². The van der Waals surface area contributed by atoms with Crippen molar-refractivity contribution in [3.8, 4) is 0 Å². The Bertz CT molecular complexity index is 233. The zero-order valence-electron chi connectivity index (χ0n) is 13.2. The van der Waals surface area contributed by atoms with Crippen molar-refractivity contribution >= 4 is 0 Å². The van der Waals surface area contributed by atoms with E-state index in [0.717, 1.165) is 17.9 Å². The Morgan fingerprint density at radius 2 is 1.84 bits per heavy atom. The maximum Gasteiger partial charge on any atom is 0.00958 e. The van der Waals surface area contributed by atoms with Crippen LogP contribution in [-0.4, -0.2) is 37.1 Å². The molecule has 1 saturated carbocycles. The first-order valence-corrected chi connectivity index (χ1v) is 8.79. The van der Waals surface area contributed by atoms with E-state index in [1.165, 1.54) is 77.5 Å². The van der Waals surface area contributed by atoms with Gasteiger partial charge in [0.1, 0.15) is 0 Å². The van der Waals surface area contributed by atoms with Crippen molar-refractivity contribution in [2.75, 3.05) is 26.2 Å². The summed E-state index contributed by atoms with van der Waals surface area (Å²) in [6.07, 6.45) is 11.3. The highest BCUT2D eigenvalue weighted by molar-refractivity contribution is 4.84. The summed E-state index contributed by atoms with van der Waals surface area (Å²) in [4.78, 5) is 2.72. The lowest BCUT2D eigenvalue weighted by Crippen LogP contribution is -2.38. The number of likely N-dealkylation sites (tertiary alicyclic amines) is 1. The topological polar surface area (TPSA) is 15.3 Å². The molecule has 1 N–H and O–H groups in total. The van der Waals surface area contributed by atoms with Crippen LogP contribution in [0.3, 0.4) is 0 Å². The van der Waals surface area contributed by atoms with Crippen LogP contribution in [0.2, 0.25) is 0 Å². The fourth-order valence-corrected chi connectivity index (χ4v) is 3.95. The molecule has 2 fully saturated rings. The molecular formula is C17H34N2. The summed E-state index contributed by atoms with van der Waals surface area (Å²) in [5.74, 6) is 1.97. The SMILES string of the molecule is CCCNC1CCCC1CCN1CCC(CC)CC1. The van der Waals surface area contributed by atoms with Crippen LogP contribution in [-0.2, 0) is 0 Å². The van der Waals surface area contributed by atoms with Gasteiger partial charge in [0.25, 0.3) is 0 Å². The van der Waals surface area contributed by atoms with Crippen molar-refractivity contribution in [2.24, 2.45) is 11.8 Å². The minimum atomic E-state index is 0.827. The number of hydrogen-bond donors (Lipinski definition) is 1. The fraction of sp³-hybridized carbons (Fsp3) is 1.00. The molecule has 1 aliphatic heterocycles. The van der Waals surface area contributed by atoms with Gasteiger partial charge in [0.15, 0.2) is 0 Å². The minimum Gasteiger partial charge on any atom is -0.314 e. The van der Waals surface area contributed by atoms with Gasteiger partial charge in [-0.25, -0.2) is 0 Å². The predicted octanol–water partition coefficient (Wildman–Crippen LogP) is 3.67. The van der Waals surface area contributed by atoms with Gasteiger partial charge < -0.3 is 10.2 Å². The molecule has 112 valence electrons. The highest BCUT2D eigenvalue weighted by Gasteiger charge is 2.27. The number of rotatable bonds is 7. The molecule has 1 aliphatic carbocycles. The Hall–Kier alpha value is -0.0800. The third kappa shape index (κ3) is 4.75. The lowest BCUT2D eigenvalue weighted by atomic mass is 9.93. The van der Waals surface area contributed by atoms with Crippen LogP contribution < -0.4 is 5.32 Å². The third-order valence-electron chi connectivity index (χ3n) is 5.42. The molecule has 0 aromatic carbocycles. The van der Waals surface area contributed by atoms with E-state index in [4.69, 9.17) is 0 Å². The van der Waals surface area contributed by atoms with Crippen molar-refractivity contribution in [3.05, 3.63) is 0 Å². The Morgan fingerprint density at radius 1 is 1.05 bits per heavy atom. The molecule has 2 atom stereocenters. The molecule has 2 rings (SSSR count). The standard InChI is InChI=1S/C17H34N2/c1-3-11-18-17-7-5-6-16(17)10-14-19-12-8-15(4-2)9-13-19/h15-18H,3-14H2,1-2H3. The molecule has 19 heavy (non-hydrogen) atoms. The fourth-order valence-electron chi connectivity index (χ4n) is 3.95. The van der Waals surface area contributed by atoms with Gasteiger partial charge in [0, 0.05) is 6.04 Å². The Balaban J connectivity index is 1.64. The predicted molar refractivity (Wildman–Crippen MR) is 83.5 cm³/mol. The lowest BCUT2D eigenvalue weighted by molar-refractivity contribution is 0.168. The molecule has 0 radical (unpaired) electrons. The maximum atomic E-state index is 3.77. The Labute approximate surface area is 120 Å². The summed E-state index contributed by atoms with van der Waals surface area (Å²) < 4.78 is 0. The first-order valence-electron chi connectivity index (χ1n) is 8.79. The van der Waals surface area contributed by atoms with Crippen LogP contribution in [0.25, 0.3) is 0 Å². The van der Waals surface area contributed by atoms with Crippen LogP contribution >= 0.6 is 0 Å². The van der Waals surface area contributed by atoms with Crippen molar-refractivity contribution in [3.63, 3.8) is 0 Å². The van der Waals surface area contributed by atoms with E-state index >= 15 is 0 Å². The average molecular weight is 266 g/mol. The van der Waals surface area contributed by atoms with E-state index < -0.39 is 0 Å². The van der Waals surface area contributed by atoms with E-state index in [2.05, 4.69) is 24.1 Å². The molecule has 2 unspecified atom stereocenters. The second-order valence-electron chi connectivity index (χ2n) is 6.73. The molecule has 0 aromatic rings. The number of hydrogen-bond acceptors (Lipinski definition) is 2. The summed E-state index contributed by atoms with van der Waals surface area (Å²) in [6, 6.07) is 0.827. The summed E-state index contributed by atoms with van der Waals surface area (Å²) in [5, 5.41) is 3.77. The summed E-state index contributed by atoms with van der Waals surface area (Å²) >= 11 is 0. The van der Waals surface area contributed by atoms with E-state index in [-0.39, 0.29) is 0 Å². The summed E-state index contributed by atoms with van der Waals surface area (Å²) in [6.45, 7) is 9.91. The van der Waals surface area contributed by atoms with Gasteiger partial charge in [-0.15, -0.1) is 0 Å². The number of nitrogens with one attached hydrogen (secondary N) is 1.